The fourth-order valence-corrected chi connectivity index (χ4v) is 4.41. The van der Waals surface area contributed by atoms with Crippen LogP contribution in [0, 0.1) is 0 Å². The first-order valence-corrected chi connectivity index (χ1v) is 8.89. The van der Waals surface area contributed by atoms with Crippen molar-refractivity contribution in [2.24, 2.45) is 0 Å². The molecule has 1 N–H and O–H groups in total. The monoisotopic (exact) mass is 342 g/mol. The van der Waals surface area contributed by atoms with Gasteiger partial charge in [0.25, 0.3) is 0 Å². The fraction of sp³-hybridized carbons (Fsp3) is 0.533. The van der Waals surface area contributed by atoms with Crippen LogP contribution in [0.1, 0.15) is 25.3 Å². The summed E-state index contributed by atoms with van der Waals surface area (Å²) >= 11 is 0. The summed E-state index contributed by atoms with van der Waals surface area (Å²) in [4.78, 5) is 16.8. The van der Waals surface area contributed by atoms with Crippen LogP contribution in [0.15, 0.2) is 30.3 Å². The Morgan fingerprint density at radius 1 is 1.30 bits per heavy atom. The van der Waals surface area contributed by atoms with E-state index in [9.17, 15) is 18.3 Å². The van der Waals surface area contributed by atoms with Crippen molar-refractivity contribution < 1.29 is 23.2 Å². The Morgan fingerprint density at radius 3 is 2.30 bits per heavy atom. The third kappa shape index (κ3) is 3.25. The molecule has 1 aromatic rings. The molecule has 0 spiro atoms. The van der Waals surface area contributed by atoms with Crippen molar-refractivity contribution in [3.8, 4) is 0 Å². The fourth-order valence-electron chi connectivity index (χ4n) is 3.00. The van der Waals surface area contributed by atoms with Gasteiger partial charge in [-0.05, 0) is 25.3 Å². The molecular formula is C15H22N2O5S. The highest BCUT2D eigenvalue weighted by Crippen LogP contribution is 2.36. The van der Waals surface area contributed by atoms with E-state index in [1.807, 2.05) is 6.07 Å². The van der Waals surface area contributed by atoms with E-state index in [2.05, 4.69) is 0 Å². The number of hydroxylamine groups is 1. The minimum Gasteiger partial charge on any atom is -0.481 e. The van der Waals surface area contributed by atoms with Gasteiger partial charge in [0, 0.05) is 19.6 Å². The molecule has 0 amide bonds. The molecular weight excluding hydrogens is 320 g/mol. The molecule has 1 heterocycles. The second-order valence-corrected chi connectivity index (χ2v) is 7.28. The quantitative estimate of drug-likeness (QED) is 0.786. The Kier molecular flexibility index (Phi) is 5.41. The highest BCUT2D eigenvalue weighted by atomic mass is 32.2. The number of carboxylic acid groups (broad SMARTS) is 1. The molecule has 23 heavy (non-hydrogen) atoms. The van der Waals surface area contributed by atoms with Crippen LogP contribution in [0.5, 0.6) is 0 Å². The standard InChI is InChI=1S/C15H22N2O5S/c1-3-17(22-2)23(20,21)16-11-9-15(10-12-16,14(18)19)13-7-5-4-6-8-13/h4-8H,3,9-12H2,1-2H3,(H,18,19). The maximum atomic E-state index is 12.4. The lowest BCUT2D eigenvalue weighted by atomic mass is 9.73. The first-order valence-electron chi connectivity index (χ1n) is 7.49. The average molecular weight is 342 g/mol. The Bertz CT molecular complexity index is 635. The number of nitrogens with zero attached hydrogens (tertiary/aromatic N) is 2. The predicted molar refractivity (Wildman–Crippen MR) is 84.9 cm³/mol. The summed E-state index contributed by atoms with van der Waals surface area (Å²) in [6, 6.07) is 8.99. The van der Waals surface area contributed by atoms with E-state index in [4.69, 9.17) is 4.84 Å². The molecule has 1 fully saturated rings. The zero-order valence-corrected chi connectivity index (χ0v) is 14.1. The van der Waals surface area contributed by atoms with Gasteiger partial charge in [-0.3, -0.25) is 9.63 Å². The van der Waals surface area contributed by atoms with E-state index in [-0.39, 0.29) is 32.5 Å². The van der Waals surface area contributed by atoms with Gasteiger partial charge in [0.2, 0.25) is 0 Å². The third-order valence-corrected chi connectivity index (χ3v) is 6.30. The summed E-state index contributed by atoms with van der Waals surface area (Å²) in [5.74, 6) is -0.917. The highest BCUT2D eigenvalue weighted by molar-refractivity contribution is 7.86. The topological polar surface area (TPSA) is 87.2 Å². The number of hydrogen-bond donors (Lipinski definition) is 1. The van der Waals surface area contributed by atoms with E-state index in [1.54, 1.807) is 31.2 Å². The average Bonchev–Trinajstić information content (AvgIpc) is 2.56. The lowest BCUT2D eigenvalue weighted by Crippen LogP contribution is -2.52. The number of rotatable bonds is 6. The molecule has 7 nitrogen and oxygen atoms in total. The molecule has 128 valence electrons. The van der Waals surface area contributed by atoms with Gasteiger partial charge in [-0.2, -0.15) is 12.7 Å². The minimum absolute atomic E-state index is 0.142. The van der Waals surface area contributed by atoms with Crippen LogP contribution in [0.3, 0.4) is 0 Å². The van der Waals surface area contributed by atoms with Crippen LogP contribution in [-0.2, 0) is 25.3 Å². The summed E-state index contributed by atoms with van der Waals surface area (Å²) in [5, 5.41) is 9.73. The lowest BCUT2D eigenvalue weighted by molar-refractivity contribution is -0.145. The van der Waals surface area contributed by atoms with Gasteiger partial charge in [0.15, 0.2) is 0 Å². The minimum atomic E-state index is -3.73. The van der Waals surface area contributed by atoms with Crippen molar-refractivity contribution >= 4 is 16.2 Å². The van der Waals surface area contributed by atoms with Crippen LogP contribution in [0.4, 0.5) is 0 Å². The van der Waals surface area contributed by atoms with E-state index in [1.165, 1.54) is 11.4 Å². The summed E-state index contributed by atoms with van der Waals surface area (Å²) in [6.07, 6.45) is 0.458. The second kappa shape index (κ2) is 6.96. The molecule has 8 heteroatoms. The largest absolute Gasteiger partial charge is 0.481 e. The van der Waals surface area contributed by atoms with Gasteiger partial charge in [0.1, 0.15) is 0 Å². The Morgan fingerprint density at radius 2 is 1.87 bits per heavy atom. The van der Waals surface area contributed by atoms with Gasteiger partial charge in [-0.1, -0.05) is 34.8 Å². The molecule has 0 atom stereocenters. The SMILES string of the molecule is CCN(OC)S(=O)(=O)N1CCC(C(=O)O)(c2ccccc2)CC1. The lowest BCUT2D eigenvalue weighted by Gasteiger charge is -2.39. The van der Waals surface area contributed by atoms with Gasteiger partial charge < -0.3 is 5.11 Å². The number of carboxylic acids is 1. The number of hydrogen-bond acceptors (Lipinski definition) is 4. The number of carbonyl (C=O) groups is 1. The van der Waals surface area contributed by atoms with Gasteiger partial charge in [0.05, 0.1) is 12.5 Å². The van der Waals surface area contributed by atoms with Gasteiger partial charge >= 0.3 is 16.2 Å². The van der Waals surface area contributed by atoms with E-state index in [0.29, 0.717) is 5.56 Å². The van der Waals surface area contributed by atoms with E-state index < -0.39 is 21.6 Å². The number of piperidine rings is 1. The molecule has 0 aliphatic carbocycles. The summed E-state index contributed by atoms with van der Waals surface area (Å²) in [6.45, 7) is 2.15. The molecule has 0 radical (unpaired) electrons. The smallest absolute Gasteiger partial charge is 0.314 e. The van der Waals surface area contributed by atoms with Crippen molar-refractivity contribution in [3.63, 3.8) is 0 Å². The zero-order chi connectivity index (χ0) is 17.1. The zero-order valence-electron chi connectivity index (χ0n) is 13.3. The Hall–Kier alpha value is -1.48. The van der Waals surface area contributed by atoms with Crippen LogP contribution < -0.4 is 0 Å². The number of benzene rings is 1. The highest BCUT2D eigenvalue weighted by Gasteiger charge is 2.46. The molecule has 1 saturated heterocycles. The maximum Gasteiger partial charge on any atom is 0.314 e. The van der Waals surface area contributed by atoms with Crippen LogP contribution in [0.2, 0.25) is 0 Å². The predicted octanol–water partition coefficient (Wildman–Crippen LogP) is 1.23. The molecule has 1 aromatic carbocycles. The van der Waals surface area contributed by atoms with Crippen molar-refractivity contribution in [2.45, 2.75) is 25.2 Å². The Balaban J connectivity index is 2.23. The van der Waals surface area contributed by atoms with Crippen molar-refractivity contribution in [1.29, 1.82) is 0 Å². The molecule has 0 bridgehead atoms. The molecule has 1 aliphatic rings. The molecule has 1 aliphatic heterocycles. The van der Waals surface area contributed by atoms with E-state index in [0.717, 1.165) is 4.47 Å². The van der Waals surface area contributed by atoms with Crippen molar-refractivity contribution in [1.82, 2.24) is 8.77 Å². The normalized spacial score (nSPS) is 18.9. The second-order valence-electron chi connectivity index (χ2n) is 5.46. The molecule has 0 aromatic heterocycles. The van der Waals surface area contributed by atoms with Crippen molar-refractivity contribution in [2.75, 3.05) is 26.7 Å². The van der Waals surface area contributed by atoms with Crippen molar-refractivity contribution in [3.05, 3.63) is 35.9 Å². The first-order chi connectivity index (χ1) is 10.9. The summed E-state index contributed by atoms with van der Waals surface area (Å²) in [7, 11) is -2.43. The van der Waals surface area contributed by atoms with Crippen LogP contribution in [-0.4, -0.2) is 55.0 Å². The van der Waals surface area contributed by atoms with Crippen LogP contribution >= 0.6 is 0 Å². The summed E-state index contributed by atoms with van der Waals surface area (Å²) < 4.78 is 27.1. The Labute approximate surface area is 136 Å². The van der Waals surface area contributed by atoms with Gasteiger partial charge in [-0.15, -0.1) is 0 Å². The van der Waals surface area contributed by atoms with Gasteiger partial charge in [-0.25, -0.2) is 0 Å². The molecule has 2 rings (SSSR count). The van der Waals surface area contributed by atoms with Crippen LogP contribution in [0.25, 0.3) is 0 Å². The summed E-state index contributed by atoms with van der Waals surface area (Å²) in [5.41, 5.74) is -0.333. The first kappa shape index (κ1) is 17.9. The maximum absolute atomic E-state index is 12.4. The van der Waals surface area contributed by atoms with E-state index >= 15 is 0 Å². The molecule has 0 unspecified atom stereocenters. The number of aliphatic carboxylic acids is 1. The molecule has 0 saturated carbocycles. The third-order valence-electron chi connectivity index (χ3n) is 4.36.